The molecule has 1 atom stereocenters. The molecule has 88 valence electrons. The van der Waals surface area contributed by atoms with Crippen molar-refractivity contribution in [3.8, 4) is 0 Å². The second kappa shape index (κ2) is 5.79. The van der Waals surface area contributed by atoms with Crippen LogP contribution in [0, 0.1) is 0 Å². The topological polar surface area (TPSA) is 66.1 Å². The van der Waals surface area contributed by atoms with E-state index in [4.69, 9.17) is 0 Å². The van der Waals surface area contributed by atoms with Crippen LogP contribution in [0.3, 0.4) is 0 Å². The Hall–Kier alpha value is -1.17. The fraction of sp³-hybridized carbons (Fsp3) is 0.500. The second-order valence-corrected chi connectivity index (χ2v) is 5.17. The molecule has 0 saturated heterocycles. The summed E-state index contributed by atoms with van der Waals surface area (Å²) in [5.74, 6) is -0.190. The Morgan fingerprint density at radius 2 is 2.31 bits per heavy atom. The molecular formula is C10H14BrN3O2. The zero-order valence-corrected chi connectivity index (χ0v) is 10.8. The molecule has 16 heavy (non-hydrogen) atoms. The number of hydrogen-bond donors (Lipinski definition) is 1. The lowest BCUT2D eigenvalue weighted by molar-refractivity contribution is 0.0787. The third kappa shape index (κ3) is 3.77. The van der Waals surface area contributed by atoms with Crippen molar-refractivity contribution in [1.82, 2.24) is 15.1 Å². The van der Waals surface area contributed by atoms with E-state index in [2.05, 4.69) is 26.1 Å². The number of hydrogen-bond acceptors (Lipinski definition) is 3. The number of nitrogens with zero attached hydrogens (tertiary/aromatic N) is 2. The molecule has 0 bridgehead atoms. The van der Waals surface area contributed by atoms with Gasteiger partial charge in [0.05, 0.1) is 0 Å². The lowest BCUT2D eigenvalue weighted by Gasteiger charge is -2.16. The summed E-state index contributed by atoms with van der Waals surface area (Å²) in [7, 11) is 1.71. The van der Waals surface area contributed by atoms with Crippen LogP contribution < -0.4 is 5.56 Å². The van der Waals surface area contributed by atoms with Gasteiger partial charge in [-0.2, -0.15) is 5.10 Å². The van der Waals surface area contributed by atoms with Crippen molar-refractivity contribution in [2.24, 2.45) is 0 Å². The van der Waals surface area contributed by atoms with Crippen molar-refractivity contribution >= 4 is 21.8 Å². The summed E-state index contributed by atoms with van der Waals surface area (Å²) in [5, 5.41) is 5.92. The highest BCUT2D eigenvalue weighted by Crippen LogP contribution is 2.05. The molecule has 1 aromatic heterocycles. The average molecular weight is 288 g/mol. The van der Waals surface area contributed by atoms with Gasteiger partial charge in [0.25, 0.3) is 11.5 Å². The van der Waals surface area contributed by atoms with E-state index in [0.717, 1.165) is 6.42 Å². The maximum Gasteiger partial charge on any atom is 0.274 e. The van der Waals surface area contributed by atoms with E-state index in [-0.39, 0.29) is 17.2 Å². The van der Waals surface area contributed by atoms with Crippen LogP contribution >= 0.6 is 15.9 Å². The van der Waals surface area contributed by atoms with Gasteiger partial charge in [-0.1, -0.05) is 22.9 Å². The van der Waals surface area contributed by atoms with Gasteiger partial charge in [0, 0.05) is 24.5 Å². The van der Waals surface area contributed by atoms with Crippen molar-refractivity contribution in [2.75, 3.05) is 13.6 Å². The Kier molecular flexibility index (Phi) is 4.67. The van der Waals surface area contributed by atoms with Gasteiger partial charge in [0.2, 0.25) is 0 Å². The lowest BCUT2D eigenvalue weighted by Crippen LogP contribution is -2.30. The fourth-order valence-corrected chi connectivity index (χ4v) is 1.34. The van der Waals surface area contributed by atoms with Gasteiger partial charge >= 0.3 is 0 Å². The molecule has 1 amide bonds. The SMILES string of the molecule is CC(Br)CCN(C)C(=O)c1ccc(=O)[nH]n1. The minimum absolute atomic E-state index is 0.190. The number of amides is 1. The highest BCUT2D eigenvalue weighted by atomic mass is 79.9. The molecule has 6 heteroatoms. The Morgan fingerprint density at radius 3 is 2.81 bits per heavy atom. The fourth-order valence-electron chi connectivity index (χ4n) is 1.13. The van der Waals surface area contributed by atoms with Crippen molar-refractivity contribution in [1.29, 1.82) is 0 Å². The van der Waals surface area contributed by atoms with E-state index < -0.39 is 0 Å². The van der Waals surface area contributed by atoms with Gasteiger partial charge in [-0.15, -0.1) is 0 Å². The van der Waals surface area contributed by atoms with E-state index in [1.807, 2.05) is 6.92 Å². The van der Waals surface area contributed by atoms with Crippen molar-refractivity contribution in [3.63, 3.8) is 0 Å². The molecule has 5 nitrogen and oxygen atoms in total. The van der Waals surface area contributed by atoms with Crippen molar-refractivity contribution < 1.29 is 4.79 Å². The predicted octanol–water partition coefficient (Wildman–Crippen LogP) is 1.02. The third-order valence-corrected chi connectivity index (χ3v) is 2.57. The van der Waals surface area contributed by atoms with Gasteiger partial charge in [0.1, 0.15) is 5.69 Å². The molecular weight excluding hydrogens is 274 g/mol. The Balaban J connectivity index is 2.63. The van der Waals surface area contributed by atoms with Gasteiger partial charge in [-0.3, -0.25) is 9.59 Å². The number of H-pyrrole nitrogens is 1. The van der Waals surface area contributed by atoms with Crippen LogP contribution in [0.4, 0.5) is 0 Å². The highest BCUT2D eigenvalue weighted by molar-refractivity contribution is 9.09. The van der Waals surface area contributed by atoms with Crippen LogP contribution in [0.1, 0.15) is 23.8 Å². The Labute approximate surface area is 102 Å². The lowest BCUT2D eigenvalue weighted by atomic mass is 10.3. The molecule has 1 unspecified atom stereocenters. The molecule has 1 aromatic rings. The first kappa shape index (κ1) is 12.9. The molecule has 0 saturated carbocycles. The van der Waals surface area contributed by atoms with Crippen molar-refractivity contribution in [3.05, 3.63) is 28.2 Å². The smallest absolute Gasteiger partial charge is 0.274 e. The molecule has 0 fully saturated rings. The summed E-state index contributed by atoms with van der Waals surface area (Å²) in [6, 6.07) is 2.72. The normalized spacial score (nSPS) is 12.2. The maximum atomic E-state index is 11.8. The van der Waals surface area contributed by atoms with Crippen LogP contribution in [-0.2, 0) is 0 Å². The second-order valence-electron chi connectivity index (χ2n) is 3.60. The highest BCUT2D eigenvalue weighted by Gasteiger charge is 2.13. The van der Waals surface area contributed by atoms with Gasteiger partial charge in [0.15, 0.2) is 0 Å². The number of rotatable bonds is 4. The van der Waals surface area contributed by atoms with Crippen LogP contribution in [0.5, 0.6) is 0 Å². The molecule has 0 radical (unpaired) electrons. The Bertz CT molecular complexity index is 396. The van der Waals surface area contributed by atoms with Crippen molar-refractivity contribution in [2.45, 2.75) is 18.2 Å². The molecule has 0 aliphatic heterocycles. The summed E-state index contributed by atoms with van der Waals surface area (Å²) < 4.78 is 0. The molecule has 0 aliphatic rings. The van der Waals surface area contributed by atoms with E-state index in [9.17, 15) is 9.59 Å². The summed E-state index contributed by atoms with van der Waals surface area (Å²) >= 11 is 3.42. The van der Waals surface area contributed by atoms with Crippen LogP contribution in [0.2, 0.25) is 0 Å². The molecule has 0 aliphatic carbocycles. The average Bonchev–Trinajstić information content (AvgIpc) is 2.26. The predicted molar refractivity (Wildman–Crippen MR) is 64.8 cm³/mol. The number of alkyl halides is 1. The number of carbonyl (C=O) groups excluding carboxylic acids is 1. The largest absolute Gasteiger partial charge is 0.340 e. The maximum absolute atomic E-state index is 11.8. The molecule has 1 heterocycles. The number of carbonyl (C=O) groups is 1. The Morgan fingerprint density at radius 1 is 1.62 bits per heavy atom. The summed E-state index contributed by atoms with van der Waals surface area (Å²) in [5.41, 5.74) is -0.0578. The summed E-state index contributed by atoms with van der Waals surface area (Å²) in [4.78, 5) is 24.5. The van der Waals surface area contributed by atoms with E-state index in [1.165, 1.54) is 12.1 Å². The quantitative estimate of drug-likeness (QED) is 0.841. The molecule has 1 rings (SSSR count). The van der Waals surface area contributed by atoms with E-state index in [1.54, 1.807) is 11.9 Å². The van der Waals surface area contributed by atoms with Crippen LogP contribution in [-0.4, -0.2) is 39.4 Å². The number of nitrogens with one attached hydrogen (secondary N) is 1. The standard InChI is InChI=1S/C10H14BrN3O2/c1-7(11)5-6-14(2)10(16)8-3-4-9(15)13-12-8/h3-4,7H,5-6H2,1-2H3,(H,13,15). The zero-order chi connectivity index (χ0) is 12.1. The van der Waals surface area contributed by atoms with E-state index >= 15 is 0 Å². The molecule has 0 spiro atoms. The monoisotopic (exact) mass is 287 g/mol. The molecule has 0 aromatic carbocycles. The first-order chi connectivity index (χ1) is 7.50. The van der Waals surface area contributed by atoms with Crippen LogP contribution in [0.25, 0.3) is 0 Å². The summed E-state index contributed by atoms with van der Waals surface area (Å²) in [6.45, 7) is 2.67. The van der Waals surface area contributed by atoms with Crippen LogP contribution in [0.15, 0.2) is 16.9 Å². The summed E-state index contributed by atoms with van der Waals surface area (Å²) in [6.07, 6.45) is 0.867. The first-order valence-corrected chi connectivity index (χ1v) is 5.87. The van der Waals surface area contributed by atoms with Gasteiger partial charge < -0.3 is 4.90 Å². The third-order valence-electron chi connectivity index (χ3n) is 2.11. The zero-order valence-electron chi connectivity index (χ0n) is 9.24. The number of aromatic nitrogens is 2. The number of aromatic amines is 1. The van der Waals surface area contributed by atoms with E-state index in [0.29, 0.717) is 11.4 Å². The minimum atomic E-state index is -0.312. The number of halogens is 1. The van der Waals surface area contributed by atoms with Gasteiger partial charge in [-0.25, -0.2) is 5.10 Å². The van der Waals surface area contributed by atoms with Gasteiger partial charge in [-0.05, 0) is 12.5 Å². The molecule has 1 N–H and O–H groups in total. The minimum Gasteiger partial charge on any atom is -0.340 e. The first-order valence-electron chi connectivity index (χ1n) is 4.96.